The number of carbonyl (C=O) groups excluding carboxylic acids is 1. The van der Waals surface area contributed by atoms with E-state index in [2.05, 4.69) is 50.7 Å². The van der Waals surface area contributed by atoms with Crippen LogP contribution in [0, 0.1) is 6.92 Å². The van der Waals surface area contributed by atoms with Crippen LogP contribution < -0.4 is 10.2 Å². The first-order valence-electron chi connectivity index (χ1n) is 9.56. The van der Waals surface area contributed by atoms with Gasteiger partial charge < -0.3 is 15.1 Å². The van der Waals surface area contributed by atoms with Crippen LogP contribution in [0.5, 0.6) is 0 Å². The van der Waals surface area contributed by atoms with Gasteiger partial charge in [-0.25, -0.2) is 4.79 Å². The van der Waals surface area contributed by atoms with Crippen LogP contribution in [0.25, 0.3) is 0 Å². The largest absolute Gasteiger partial charge is 0.369 e. The lowest BCUT2D eigenvalue weighted by molar-refractivity contribution is 0.176. The zero-order valence-electron chi connectivity index (χ0n) is 15.3. The molecule has 1 aromatic carbocycles. The third-order valence-corrected chi connectivity index (χ3v) is 5.49. The number of aromatic amines is 1. The van der Waals surface area contributed by atoms with Gasteiger partial charge in [0, 0.05) is 49.5 Å². The number of para-hydroxylation sites is 1. The van der Waals surface area contributed by atoms with Gasteiger partial charge >= 0.3 is 6.03 Å². The molecular weight excluding hydrogens is 326 g/mol. The number of urea groups is 1. The maximum Gasteiger partial charge on any atom is 0.317 e. The van der Waals surface area contributed by atoms with Gasteiger partial charge in [-0.1, -0.05) is 18.2 Å². The molecule has 0 bridgehead atoms. The van der Waals surface area contributed by atoms with E-state index in [-0.39, 0.29) is 12.1 Å². The molecule has 2 saturated heterocycles. The molecule has 2 amide bonds. The zero-order chi connectivity index (χ0) is 17.9. The summed E-state index contributed by atoms with van der Waals surface area (Å²) in [6.45, 7) is 5.48. The van der Waals surface area contributed by atoms with E-state index in [0.717, 1.165) is 56.8 Å². The van der Waals surface area contributed by atoms with E-state index in [1.807, 2.05) is 17.9 Å². The number of rotatable bonds is 3. The molecular formula is C20H27N5O. The smallest absolute Gasteiger partial charge is 0.317 e. The molecule has 2 aliphatic rings. The molecule has 2 unspecified atom stereocenters. The van der Waals surface area contributed by atoms with E-state index < -0.39 is 0 Å². The molecule has 1 aromatic heterocycles. The zero-order valence-corrected chi connectivity index (χ0v) is 15.3. The van der Waals surface area contributed by atoms with Gasteiger partial charge in [-0.15, -0.1) is 0 Å². The highest BCUT2D eigenvalue weighted by Crippen LogP contribution is 2.26. The normalized spacial score (nSPS) is 23.3. The number of aromatic nitrogens is 2. The van der Waals surface area contributed by atoms with Crippen molar-refractivity contribution >= 4 is 11.7 Å². The van der Waals surface area contributed by atoms with Crippen molar-refractivity contribution in [1.82, 2.24) is 20.4 Å². The number of nitrogens with zero attached hydrogens (tertiary/aromatic N) is 3. The van der Waals surface area contributed by atoms with Crippen LogP contribution in [-0.4, -0.2) is 53.3 Å². The molecule has 26 heavy (non-hydrogen) atoms. The molecule has 2 atom stereocenters. The lowest BCUT2D eigenvalue weighted by Crippen LogP contribution is -2.49. The first-order chi connectivity index (χ1) is 12.7. The maximum absolute atomic E-state index is 12.7. The highest BCUT2D eigenvalue weighted by molar-refractivity contribution is 5.75. The topological polar surface area (TPSA) is 64.3 Å². The molecule has 2 fully saturated rings. The van der Waals surface area contributed by atoms with Gasteiger partial charge in [0.1, 0.15) is 0 Å². The summed E-state index contributed by atoms with van der Waals surface area (Å²) < 4.78 is 0. The standard InChI is InChI=1S/C20H27N5O/c1-15-12-19(23-22-15)16-6-5-10-25(13-16)20(26)21-17-9-11-24(14-17)18-7-3-2-4-8-18/h2-4,7-8,12,16-17H,5-6,9-11,13-14H2,1H3,(H,21,26)(H,22,23). The van der Waals surface area contributed by atoms with E-state index in [9.17, 15) is 4.79 Å². The summed E-state index contributed by atoms with van der Waals surface area (Å²) in [5.41, 5.74) is 3.39. The van der Waals surface area contributed by atoms with Gasteiger partial charge in [-0.2, -0.15) is 5.10 Å². The predicted octanol–water partition coefficient (Wildman–Crippen LogP) is 2.89. The molecule has 4 rings (SSSR count). The van der Waals surface area contributed by atoms with Crippen molar-refractivity contribution in [3.63, 3.8) is 0 Å². The fourth-order valence-corrected chi connectivity index (χ4v) is 4.07. The van der Waals surface area contributed by atoms with Gasteiger partial charge in [0.25, 0.3) is 0 Å². The van der Waals surface area contributed by atoms with E-state index in [1.165, 1.54) is 5.69 Å². The lowest BCUT2D eigenvalue weighted by atomic mass is 9.95. The van der Waals surface area contributed by atoms with E-state index in [0.29, 0.717) is 5.92 Å². The molecule has 3 heterocycles. The quantitative estimate of drug-likeness (QED) is 0.892. The predicted molar refractivity (Wildman–Crippen MR) is 102 cm³/mol. The van der Waals surface area contributed by atoms with Crippen LogP contribution in [0.4, 0.5) is 10.5 Å². The molecule has 0 saturated carbocycles. The molecule has 2 aliphatic heterocycles. The Morgan fingerprint density at radius 2 is 2.04 bits per heavy atom. The number of H-pyrrole nitrogens is 1. The van der Waals surface area contributed by atoms with Crippen molar-refractivity contribution < 1.29 is 4.79 Å². The van der Waals surface area contributed by atoms with Gasteiger partial charge in [-0.05, 0) is 44.4 Å². The van der Waals surface area contributed by atoms with E-state index in [1.54, 1.807) is 0 Å². The molecule has 2 aromatic rings. The Bertz CT molecular complexity index is 744. The number of hydrogen-bond acceptors (Lipinski definition) is 3. The molecule has 0 spiro atoms. The summed E-state index contributed by atoms with van der Waals surface area (Å²) in [5.74, 6) is 0.337. The minimum Gasteiger partial charge on any atom is -0.369 e. The van der Waals surface area contributed by atoms with Gasteiger partial charge in [-0.3, -0.25) is 5.10 Å². The monoisotopic (exact) mass is 353 g/mol. The van der Waals surface area contributed by atoms with Crippen molar-refractivity contribution in [2.45, 2.75) is 38.1 Å². The fraction of sp³-hybridized carbons (Fsp3) is 0.500. The first-order valence-corrected chi connectivity index (χ1v) is 9.56. The molecule has 6 heteroatoms. The van der Waals surface area contributed by atoms with E-state index >= 15 is 0 Å². The number of piperidine rings is 1. The number of aryl methyl sites for hydroxylation is 1. The van der Waals surface area contributed by atoms with Crippen LogP contribution >= 0.6 is 0 Å². The molecule has 138 valence electrons. The van der Waals surface area contributed by atoms with Crippen molar-refractivity contribution in [2.75, 3.05) is 31.1 Å². The average molecular weight is 353 g/mol. The minimum absolute atomic E-state index is 0.0712. The van der Waals surface area contributed by atoms with Crippen LogP contribution in [0.1, 0.15) is 36.6 Å². The number of nitrogens with one attached hydrogen (secondary N) is 2. The SMILES string of the molecule is Cc1cc(C2CCCN(C(=O)NC3CCN(c4ccccc4)C3)C2)n[nH]1. The Morgan fingerprint density at radius 1 is 1.19 bits per heavy atom. The number of anilines is 1. The number of carbonyl (C=O) groups is 1. The number of hydrogen-bond donors (Lipinski definition) is 2. The average Bonchev–Trinajstić information content (AvgIpc) is 3.32. The van der Waals surface area contributed by atoms with Crippen LogP contribution in [0.15, 0.2) is 36.4 Å². The molecule has 6 nitrogen and oxygen atoms in total. The maximum atomic E-state index is 12.7. The molecule has 2 N–H and O–H groups in total. The Morgan fingerprint density at radius 3 is 2.81 bits per heavy atom. The van der Waals surface area contributed by atoms with Gasteiger partial charge in [0.2, 0.25) is 0 Å². The lowest BCUT2D eigenvalue weighted by Gasteiger charge is -2.33. The summed E-state index contributed by atoms with van der Waals surface area (Å²) in [5, 5.41) is 10.6. The third-order valence-electron chi connectivity index (χ3n) is 5.49. The second kappa shape index (κ2) is 7.40. The Hall–Kier alpha value is -2.50. The van der Waals surface area contributed by atoms with Crippen LogP contribution in [-0.2, 0) is 0 Å². The van der Waals surface area contributed by atoms with Crippen LogP contribution in [0.3, 0.4) is 0 Å². The summed E-state index contributed by atoms with van der Waals surface area (Å²) in [7, 11) is 0. The third kappa shape index (κ3) is 3.69. The summed E-state index contributed by atoms with van der Waals surface area (Å²) in [6.07, 6.45) is 3.13. The number of amides is 2. The fourth-order valence-electron chi connectivity index (χ4n) is 4.07. The Balaban J connectivity index is 1.32. The summed E-state index contributed by atoms with van der Waals surface area (Å²) >= 11 is 0. The second-order valence-electron chi connectivity index (χ2n) is 7.48. The van der Waals surface area contributed by atoms with Gasteiger partial charge in [0.05, 0.1) is 5.69 Å². The highest BCUT2D eigenvalue weighted by atomic mass is 16.2. The van der Waals surface area contributed by atoms with Crippen molar-refractivity contribution in [1.29, 1.82) is 0 Å². The highest BCUT2D eigenvalue weighted by Gasteiger charge is 2.29. The second-order valence-corrected chi connectivity index (χ2v) is 7.48. The number of benzene rings is 1. The summed E-state index contributed by atoms with van der Waals surface area (Å²) in [6, 6.07) is 12.8. The van der Waals surface area contributed by atoms with Gasteiger partial charge in [0.15, 0.2) is 0 Å². The Labute approximate surface area is 154 Å². The Kier molecular flexibility index (Phi) is 4.82. The number of likely N-dealkylation sites (tertiary alicyclic amines) is 1. The minimum atomic E-state index is 0.0712. The molecule has 0 aliphatic carbocycles. The summed E-state index contributed by atoms with van der Waals surface area (Å²) in [4.78, 5) is 17.1. The molecule has 0 radical (unpaired) electrons. The van der Waals surface area contributed by atoms with Crippen molar-refractivity contribution in [3.05, 3.63) is 47.8 Å². The van der Waals surface area contributed by atoms with Crippen molar-refractivity contribution in [3.8, 4) is 0 Å². The van der Waals surface area contributed by atoms with E-state index in [4.69, 9.17) is 0 Å². The first kappa shape index (κ1) is 16.9. The van der Waals surface area contributed by atoms with Crippen molar-refractivity contribution in [2.24, 2.45) is 0 Å². The van der Waals surface area contributed by atoms with Crippen LogP contribution in [0.2, 0.25) is 0 Å².